The molecule has 0 aliphatic carbocycles. The van der Waals surface area contributed by atoms with Gasteiger partial charge in [-0.25, -0.2) is 4.98 Å². The number of nitriles is 1. The summed E-state index contributed by atoms with van der Waals surface area (Å²) in [6, 6.07) is 14.8. The largest absolute Gasteiger partial charge is 0.492 e. The van der Waals surface area contributed by atoms with Crippen molar-refractivity contribution >= 4 is 63.7 Å². The average molecular weight is 832 g/mol. The number of hydrogen-bond donors (Lipinski definition) is 3. The third-order valence-electron chi connectivity index (χ3n) is 11.4. The van der Waals surface area contributed by atoms with Gasteiger partial charge in [0.25, 0.3) is 5.91 Å². The van der Waals surface area contributed by atoms with Gasteiger partial charge in [-0.1, -0.05) is 13.0 Å². The molecule has 4 amide bonds. The molecule has 1 unspecified atom stereocenters. The van der Waals surface area contributed by atoms with Crippen LogP contribution in [0.25, 0.3) is 0 Å². The van der Waals surface area contributed by atoms with Gasteiger partial charge in [0, 0.05) is 55.2 Å². The summed E-state index contributed by atoms with van der Waals surface area (Å²) >= 11 is 5.70. The van der Waals surface area contributed by atoms with Gasteiger partial charge in [-0.05, 0) is 99.8 Å². The van der Waals surface area contributed by atoms with Crippen LogP contribution in [0.5, 0.6) is 5.75 Å². The van der Waals surface area contributed by atoms with Gasteiger partial charge in [-0.3, -0.25) is 39.2 Å². The van der Waals surface area contributed by atoms with Crippen molar-refractivity contribution in [2.45, 2.75) is 82.7 Å². The Bertz CT molecular complexity index is 2230. The molecule has 1 aromatic heterocycles. The van der Waals surface area contributed by atoms with E-state index in [9.17, 15) is 37.6 Å². The number of fused-ring (bicyclic) bond motifs is 3. The van der Waals surface area contributed by atoms with Crippen molar-refractivity contribution in [2.24, 2.45) is 0 Å². The Hall–Kier alpha value is -5.64. The Morgan fingerprint density at radius 3 is 2.44 bits per heavy atom. The van der Waals surface area contributed by atoms with E-state index in [1.54, 1.807) is 43.0 Å². The number of anilines is 4. The second kappa shape index (κ2) is 16.5. The number of amides is 4. The monoisotopic (exact) mass is 831 g/mol. The fourth-order valence-corrected chi connectivity index (χ4v) is 8.83. The lowest BCUT2D eigenvalue weighted by Crippen LogP contribution is -2.63. The number of pyridine rings is 1. The number of halogens is 3. The van der Waals surface area contributed by atoms with Gasteiger partial charge >= 0.3 is 6.18 Å². The molecule has 8 rings (SSSR count). The number of carbonyl (C=O) groups is 4. The summed E-state index contributed by atoms with van der Waals surface area (Å²) in [6.45, 7) is 8.17. The third kappa shape index (κ3) is 8.59. The molecule has 59 heavy (non-hydrogen) atoms. The third-order valence-corrected chi connectivity index (χ3v) is 11.7. The Morgan fingerprint density at radius 1 is 1.03 bits per heavy atom. The smallest absolute Gasteiger partial charge is 0.419 e. The molecular weight excluding hydrogens is 788 g/mol. The number of piperidine rings is 3. The molecule has 0 saturated carbocycles. The first-order chi connectivity index (χ1) is 28.1. The lowest BCUT2D eigenvalue weighted by Gasteiger charge is -2.51. The molecule has 14 nitrogen and oxygen atoms in total. The van der Waals surface area contributed by atoms with E-state index in [0.717, 1.165) is 48.7 Å². The molecule has 0 spiro atoms. The maximum atomic E-state index is 13.8. The summed E-state index contributed by atoms with van der Waals surface area (Å²) in [4.78, 5) is 61.4. The van der Waals surface area contributed by atoms with Crippen molar-refractivity contribution in [3.8, 4) is 11.8 Å². The highest BCUT2D eigenvalue weighted by molar-refractivity contribution is 7.81. The Labute approximate surface area is 344 Å². The Morgan fingerprint density at radius 2 is 1.76 bits per heavy atom. The number of nitrogens with zero attached hydrogens (tertiary/aromatic N) is 6. The minimum absolute atomic E-state index is 0.0180. The molecular formula is C41H44F3N9O5S. The van der Waals surface area contributed by atoms with Crippen LogP contribution in [0, 0.1) is 11.3 Å². The number of rotatable bonds is 12. The van der Waals surface area contributed by atoms with Crippen LogP contribution in [0.2, 0.25) is 0 Å². The Kier molecular flexibility index (Phi) is 11.6. The zero-order chi connectivity index (χ0) is 42.2. The predicted octanol–water partition coefficient (Wildman–Crippen LogP) is 4.83. The van der Waals surface area contributed by atoms with Crippen molar-refractivity contribution < 1.29 is 37.1 Å². The van der Waals surface area contributed by atoms with E-state index in [1.165, 1.54) is 6.07 Å². The number of thiocarbonyl (C=S) groups is 1. The van der Waals surface area contributed by atoms with E-state index in [1.807, 2.05) is 25.1 Å². The van der Waals surface area contributed by atoms with Crippen LogP contribution in [0.15, 0.2) is 54.7 Å². The highest BCUT2D eigenvalue weighted by atomic mass is 32.1. The number of carbonyl (C=O) groups excluding carboxylic acids is 4. The van der Waals surface area contributed by atoms with Crippen molar-refractivity contribution in [1.82, 2.24) is 20.1 Å². The van der Waals surface area contributed by atoms with Crippen molar-refractivity contribution in [2.75, 3.05) is 53.2 Å². The number of piperazine rings is 1. The molecule has 2 aromatic carbocycles. The van der Waals surface area contributed by atoms with Gasteiger partial charge in [-0.15, -0.1) is 0 Å². The van der Waals surface area contributed by atoms with E-state index >= 15 is 0 Å². The second-order valence-corrected chi connectivity index (χ2v) is 16.0. The molecule has 5 aliphatic rings. The van der Waals surface area contributed by atoms with Gasteiger partial charge in [0.1, 0.15) is 30.0 Å². The fraction of sp³-hybridized carbons (Fsp3) is 0.439. The molecule has 2 bridgehead atoms. The normalized spacial score (nSPS) is 22.0. The minimum atomic E-state index is -4.86. The van der Waals surface area contributed by atoms with Gasteiger partial charge in [-0.2, -0.15) is 18.4 Å². The molecule has 0 radical (unpaired) electrons. The number of imide groups is 1. The lowest BCUT2D eigenvalue weighted by atomic mass is 9.91. The average Bonchev–Trinajstić information content (AvgIpc) is 3.37. The van der Waals surface area contributed by atoms with Crippen LogP contribution in [-0.2, 0) is 31.8 Å². The maximum Gasteiger partial charge on any atom is 0.419 e. The fourth-order valence-electron chi connectivity index (χ4n) is 8.31. The number of ether oxygens (including phenoxy) is 1. The summed E-state index contributed by atoms with van der Waals surface area (Å²) in [5, 5.41) is 17.6. The zero-order valence-corrected chi connectivity index (χ0v) is 33.6. The summed E-state index contributed by atoms with van der Waals surface area (Å²) in [7, 11) is 0. The van der Waals surface area contributed by atoms with E-state index in [2.05, 4.69) is 30.7 Å². The van der Waals surface area contributed by atoms with Crippen molar-refractivity contribution in [1.29, 1.82) is 5.26 Å². The van der Waals surface area contributed by atoms with Gasteiger partial charge in [0.2, 0.25) is 17.7 Å². The van der Waals surface area contributed by atoms with Crippen molar-refractivity contribution in [3.63, 3.8) is 0 Å². The zero-order valence-electron chi connectivity index (χ0n) is 32.8. The van der Waals surface area contributed by atoms with Gasteiger partial charge in [0.15, 0.2) is 10.8 Å². The molecule has 3 atom stereocenters. The number of benzene rings is 2. The second-order valence-electron chi connectivity index (χ2n) is 15.6. The highest BCUT2D eigenvalue weighted by Crippen LogP contribution is 2.40. The topological polar surface area (TPSA) is 163 Å². The van der Waals surface area contributed by atoms with Gasteiger partial charge in [0.05, 0.1) is 24.0 Å². The van der Waals surface area contributed by atoms with Gasteiger partial charge < -0.3 is 20.3 Å². The summed E-state index contributed by atoms with van der Waals surface area (Å²) in [5.74, 6) is -0.641. The highest BCUT2D eigenvalue weighted by Gasteiger charge is 2.51. The molecule has 3 N–H and O–H groups in total. The molecule has 5 fully saturated rings. The lowest BCUT2D eigenvalue weighted by molar-refractivity contribution is -0.138. The van der Waals surface area contributed by atoms with E-state index in [0.29, 0.717) is 48.8 Å². The summed E-state index contributed by atoms with van der Waals surface area (Å²) in [5.41, 5.74) is -0.757. The quantitative estimate of drug-likeness (QED) is 0.169. The first-order valence-corrected chi connectivity index (χ1v) is 19.9. The standard InChI is InChI=1S/C41H44F3N9O5S/c1-4-24-16-27(53-39(59)52(38(57)40(53,2)3)30-18-31(41(42,43)44)33(19-45)46-20-30)10-12-34(24)58-15-14-50-21-29-9-8-28(50)22-51(29)23-36(55)48-26-7-5-6-25(17-26)47-32-11-13-35(54)49-37(32)56/h5-7,10,12,16-18,20,28-29,32,47H,4,8-9,11,13-15,21-23H2,1-3H3,(H,48,55)(H,49,54,56)/t28-,29-,32?/m1/s1. The SMILES string of the molecule is CCc1cc(N2C(=S)N(c3cnc(C#N)c(C(F)(F)F)c3)C(=O)C2(C)C)ccc1OCCN1C[C@H]2CC[C@@H]1CN2CC(=O)Nc1cccc(NC2CCC(=O)NC2=O)c1. The van der Waals surface area contributed by atoms with E-state index in [-0.39, 0.29) is 53.6 Å². The number of aryl methyl sites for hydroxylation is 1. The molecule has 310 valence electrons. The molecule has 18 heteroatoms. The predicted molar refractivity (Wildman–Crippen MR) is 217 cm³/mol. The van der Waals surface area contributed by atoms with Crippen LogP contribution >= 0.6 is 12.2 Å². The maximum absolute atomic E-state index is 13.8. The molecule has 5 aliphatic heterocycles. The van der Waals surface area contributed by atoms with Crippen LogP contribution in [0.3, 0.4) is 0 Å². The number of hydrogen-bond acceptors (Lipinski definition) is 11. The summed E-state index contributed by atoms with van der Waals surface area (Å²) < 4.78 is 47.6. The van der Waals surface area contributed by atoms with E-state index in [4.69, 9.17) is 17.0 Å². The van der Waals surface area contributed by atoms with Crippen LogP contribution in [0.1, 0.15) is 63.3 Å². The number of nitrogens with one attached hydrogen (secondary N) is 3. The van der Waals surface area contributed by atoms with Crippen molar-refractivity contribution in [3.05, 3.63) is 71.5 Å². The first kappa shape index (κ1) is 41.5. The summed E-state index contributed by atoms with van der Waals surface area (Å²) in [6.07, 6.45) is -0.543. The first-order valence-electron chi connectivity index (χ1n) is 19.5. The minimum Gasteiger partial charge on any atom is -0.492 e. The van der Waals surface area contributed by atoms with E-state index < -0.39 is 34.9 Å². The molecule has 6 heterocycles. The van der Waals surface area contributed by atoms with Crippen LogP contribution in [0.4, 0.5) is 35.9 Å². The van der Waals surface area contributed by atoms with Crippen LogP contribution < -0.4 is 30.5 Å². The number of alkyl halides is 3. The number of aromatic nitrogens is 1. The van der Waals surface area contributed by atoms with Crippen LogP contribution in [-0.4, -0.2) is 100.0 Å². The Balaban J connectivity index is 0.932. The molecule has 5 saturated heterocycles. The molecule has 3 aromatic rings.